The van der Waals surface area contributed by atoms with Crippen molar-refractivity contribution in [3.8, 4) is 0 Å². The van der Waals surface area contributed by atoms with Crippen molar-refractivity contribution in [3.63, 3.8) is 0 Å². The first-order chi connectivity index (χ1) is 11.6. The van der Waals surface area contributed by atoms with Crippen LogP contribution in [0.2, 0.25) is 0 Å². The molecule has 1 saturated heterocycles. The number of ether oxygens (including phenoxy) is 2. The van der Waals surface area contributed by atoms with E-state index in [0.29, 0.717) is 17.9 Å². The van der Waals surface area contributed by atoms with Crippen molar-refractivity contribution in [2.75, 3.05) is 17.9 Å². The molecule has 3 N–H and O–H groups in total. The third kappa shape index (κ3) is 4.14. The second-order valence-corrected chi connectivity index (χ2v) is 7.02. The molecule has 130 valence electrons. The number of benzene rings is 1. The summed E-state index contributed by atoms with van der Waals surface area (Å²) in [4.78, 5) is 0. The lowest BCUT2D eigenvalue weighted by molar-refractivity contribution is -0.161. The van der Waals surface area contributed by atoms with Gasteiger partial charge >= 0.3 is 10.2 Å². The number of rotatable bonds is 5. The molecule has 0 aromatic heterocycles. The average Bonchev–Trinajstić information content (AvgIpc) is 2.54. The van der Waals surface area contributed by atoms with Crippen LogP contribution < -0.4 is 10.5 Å². The molecule has 8 heteroatoms. The van der Waals surface area contributed by atoms with E-state index in [9.17, 15) is 8.42 Å². The molecule has 0 amide bonds. The molecule has 2 heterocycles. The van der Waals surface area contributed by atoms with Crippen LogP contribution in [-0.2, 0) is 19.7 Å². The molecule has 3 rings (SSSR count). The van der Waals surface area contributed by atoms with E-state index in [4.69, 9.17) is 15.2 Å². The summed E-state index contributed by atoms with van der Waals surface area (Å²) in [6.07, 6.45) is 7.70. The Kier molecular flexibility index (Phi) is 5.17. The zero-order valence-corrected chi connectivity index (χ0v) is 14.1. The number of nitrogens with one attached hydrogen (secondary N) is 1. The normalized spacial score (nSPS) is 22.7. The highest BCUT2D eigenvalue weighted by atomic mass is 32.2. The summed E-state index contributed by atoms with van der Waals surface area (Å²) in [5.41, 5.74) is 7.66. The van der Waals surface area contributed by atoms with Crippen molar-refractivity contribution >= 4 is 27.8 Å². The molecule has 0 bridgehead atoms. The summed E-state index contributed by atoms with van der Waals surface area (Å²) in [7, 11) is -3.75. The Morgan fingerprint density at radius 3 is 3.08 bits per heavy atom. The number of hydrogen-bond acceptors (Lipinski definition) is 5. The van der Waals surface area contributed by atoms with Crippen LogP contribution in [0.1, 0.15) is 36.8 Å². The summed E-state index contributed by atoms with van der Waals surface area (Å²) >= 11 is 0. The van der Waals surface area contributed by atoms with Crippen LogP contribution in [0.4, 0.5) is 5.69 Å². The van der Waals surface area contributed by atoms with Crippen molar-refractivity contribution in [1.82, 2.24) is 0 Å². The van der Waals surface area contributed by atoms with Gasteiger partial charge in [0, 0.05) is 12.2 Å². The highest BCUT2D eigenvalue weighted by Crippen LogP contribution is 2.26. The molecule has 1 unspecified atom stereocenters. The molecule has 2 aliphatic rings. The second-order valence-electron chi connectivity index (χ2n) is 5.68. The van der Waals surface area contributed by atoms with Gasteiger partial charge in [-0.15, -0.1) is 4.40 Å². The van der Waals surface area contributed by atoms with Crippen LogP contribution in [0, 0.1) is 0 Å². The van der Waals surface area contributed by atoms with Gasteiger partial charge in [0.05, 0.1) is 12.3 Å². The van der Waals surface area contributed by atoms with Gasteiger partial charge in [-0.25, -0.2) is 0 Å². The Morgan fingerprint density at radius 1 is 1.42 bits per heavy atom. The van der Waals surface area contributed by atoms with Crippen LogP contribution in [0.5, 0.6) is 0 Å². The predicted molar refractivity (Wildman–Crippen MR) is 92.9 cm³/mol. The van der Waals surface area contributed by atoms with Crippen LogP contribution in [0.3, 0.4) is 0 Å². The lowest BCUT2D eigenvalue weighted by Gasteiger charge is -2.22. The van der Waals surface area contributed by atoms with E-state index in [1.807, 2.05) is 18.2 Å². The fraction of sp³-hybridized carbons (Fsp3) is 0.438. The molecular formula is C16H21N3O4S. The van der Waals surface area contributed by atoms with Gasteiger partial charge in [-0.3, -0.25) is 4.72 Å². The van der Waals surface area contributed by atoms with Crippen molar-refractivity contribution in [3.05, 3.63) is 35.4 Å². The quantitative estimate of drug-likeness (QED) is 0.790. The lowest BCUT2D eigenvalue weighted by Crippen LogP contribution is -2.27. The minimum absolute atomic E-state index is 0.00384. The Bertz CT molecular complexity index is 753. The van der Waals surface area contributed by atoms with Gasteiger partial charge in [0.15, 0.2) is 6.29 Å². The van der Waals surface area contributed by atoms with Gasteiger partial charge in [0.2, 0.25) is 0 Å². The van der Waals surface area contributed by atoms with Crippen LogP contribution in [0.25, 0.3) is 6.08 Å². The number of nitrogens with zero attached hydrogens (tertiary/aromatic N) is 1. The Labute approximate surface area is 141 Å². The van der Waals surface area contributed by atoms with E-state index in [1.54, 1.807) is 12.1 Å². The summed E-state index contributed by atoms with van der Waals surface area (Å²) in [5, 5.41) is 0. The Balaban J connectivity index is 1.62. The predicted octanol–water partition coefficient (Wildman–Crippen LogP) is 2.01. The minimum Gasteiger partial charge on any atom is -0.382 e. The Hall–Kier alpha value is -1.90. The van der Waals surface area contributed by atoms with Gasteiger partial charge in [0.25, 0.3) is 0 Å². The maximum absolute atomic E-state index is 11.6. The number of amidine groups is 1. The standard InChI is InChI=1S/C16H21N3O4S/c17-16-15-12(7-5-8-13(15)18-24(20,21)19-16)6-1-3-10-22-14-9-2-4-11-23-14/h1,5-8,14,18H,2-4,9-11H2,(H2,17,19)/b6-1+. The molecule has 0 radical (unpaired) electrons. The molecule has 0 saturated carbocycles. The van der Waals surface area contributed by atoms with E-state index < -0.39 is 10.2 Å². The summed E-state index contributed by atoms with van der Waals surface area (Å²) in [6, 6.07) is 5.30. The van der Waals surface area contributed by atoms with Crippen molar-refractivity contribution in [1.29, 1.82) is 0 Å². The third-order valence-corrected chi connectivity index (χ3v) is 4.75. The largest absolute Gasteiger partial charge is 0.382 e. The smallest absolute Gasteiger partial charge is 0.344 e. The number of anilines is 1. The lowest BCUT2D eigenvalue weighted by atomic mass is 10.0. The fourth-order valence-corrected chi connectivity index (χ4v) is 3.58. The number of nitrogens with two attached hydrogens (primary N) is 1. The van der Waals surface area contributed by atoms with E-state index in [1.165, 1.54) is 0 Å². The van der Waals surface area contributed by atoms with Crippen LogP contribution in [0.15, 0.2) is 28.7 Å². The average molecular weight is 351 g/mol. The molecule has 1 atom stereocenters. The summed E-state index contributed by atoms with van der Waals surface area (Å²) in [6.45, 7) is 1.34. The van der Waals surface area contributed by atoms with E-state index in [-0.39, 0.29) is 12.1 Å². The number of hydrogen-bond donors (Lipinski definition) is 2. The maximum Gasteiger partial charge on any atom is 0.344 e. The van der Waals surface area contributed by atoms with Crippen molar-refractivity contribution in [2.45, 2.75) is 32.0 Å². The maximum atomic E-state index is 11.6. The first-order valence-corrected chi connectivity index (χ1v) is 9.40. The zero-order valence-electron chi connectivity index (χ0n) is 13.3. The SMILES string of the molecule is NC1=NS(=O)(=O)Nc2cccc(/C=C/CCOC3CCCCO3)c21. The van der Waals surface area contributed by atoms with Gasteiger partial charge in [-0.1, -0.05) is 24.3 Å². The van der Waals surface area contributed by atoms with Gasteiger partial charge in [0.1, 0.15) is 5.84 Å². The van der Waals surface area contributed by atoms with E-state index in [0.717, 1.165) is 37.9 Å². The monoisotopic (exact) mass is 351 g/mol. The highest BCUT2D eigenvalue weighted by Gasteiger charge is 2.22. The molecule has 1 fully saturated rings. The van der Waals surface area contributed by atoms with Crippen LogP contribution >= 0.6 is 0 Å². The topological polar surface area (TPSA) is 103 Å². The second kappa shape index (κ2) is 7.33. The molecule has 7 nitrogen and oxygen atoms in total. The highest BCUT2D eigenvalue weighted by molar-refractivity contribution is 7.91. The van der Waals surface area contributed by atoms with Gasteiger partial charge in [-0.05, 0) is 37.3 Å². The third-order valence-electron chi connectivity index (χ3n) is 3.83. The van der Waals surface area contributed by atoms with E-state index >= 15 is 0 Å². The van der Waals surface area contributed by atoms with Gasteiger partial charge in [-0.2, -0.15) is 8.42 Å². The molecule has 2 aliphatic heterocycles. The summed E-state index contributed by atoms with van der Waals surface area (Å²) in [5.74, 6) is -0.00384. The fourth-order valence-electron chi connectivity index (χ4n) is 2.74. The van der Waals surface area contributed by atoms with Gasteiger partial charge < -0.3 is 15.2 Å². The van der Waals surface area contributed by atoms with Crippen molar-refractivity contribution < 1.29 is 17.9 Å². The first kappa shape index (κ1) is 16.9. The molecule has 1 aromatic rings. The first-order valence-electron chi connectivity index (χ1n) is 7.96. The molecule has 1 aromatic carbocycles. The zero-order chi connectivity index (χ0) is 17.0. The minimum atomic E-state index is -3.75. The molecule has 24 heavy (non-hydrogen) atoms. The Morgan fingerprint density at radius 2 is 2.29 bits per heavy atom. The molecular weight excluding hydrogens is 330 g/mol. The van der Waals surface area contributed by atoms with E-state index in [2.05, 4.69) is 9.12 Å². The molecule has 0 aliphatic carbocycles. The van der Waals surface area contributed by atoms with Crippen molar-refractivity contribution in [2.24, 2.45) is 10.1 Å². The molecule has 0 spiro atoms. The number of fused-ring (bicyclic) bond motifs is 1. The summed E-state index contributed by atoms with van der Waals surface area (Å²) < 4.78 is 40.2. The van der Waals surface area contributed by atoms with Crippen LogP contribution in [-0.4, -0.2) is 33.8 Å².